The van der Waals surface area contributed by atoms with Crippen LogP contribution in [0.5, 0.6) is 5.75 Å². The SMILES string of the molecule is Cc1c(-c2noc(=O)[nH]2)ccc2c1CC[C@@H]2NC(=O)c1cc(C(=O)NCc2ccc3c(c2)N(c2c(N)c(=O)c2=O)CCCO3)ncn1. The third kappa shape index (κ3) is 5.30. The molecule has 5 aromatic rings. The molecule has 0 fully saturated rings. The van der Waals surface area contributed by atoms with E-state index in [1.54, 1.807) is 23.1 Å². The van der Waals surface area contributed by atoms with Gasteiger partial charge in [0.2, 0.25) is 0 Å². The van der Waals surface area contributed by atoms with E-state index in [9.17, 15) is 24.0 Å². The number of nitrogens with one attached hydrogen (secondary N) is 3. The predicted molar refractivity (Wildman–Crippen MR) is 168 cm³/mol. The molecule has 1 aliphatic heterocycles. The molecule has 0 unspecified atom stereocenters. The zero-order chi connectivity index (χ0) is 32.8. The van der Waals surface area contributed by atoms with E-state index in [4.69, 9.17) is 10.5 Å². The number of hydrogen-bond acceptors (Lipinski definition) is 12. The molecule has 0 radical (unpaired) electrons. The van der Waals surface area contributed by atoms with Gasteiger partial charge in [-0.15, -0.1) is 0 Å². The highest BCUT2D eigenvalue weighted by atomic mass is 16.5. The lowest BCUT2D eigenvalue weighted by Crippen LogP contribution is -2.41. The zero-order valence-corrected chi connectivity index (χ0v) is 25.1. The van der Waals surface area contributed by atoms with Crippen LogP contribution in [-0.4, -0.2) is 45.1 Å². The summed E-state index contributed by atoms with van der Waals surface area (Å²) in [6, 6.07) is 10.1. The molecule has 238 valence electrons. The predicted octanol–water partition coefficient (Wildman–Crippen LogP) is 1.57. The monoisotopic (exact) mass is 636 g/mol. The Kier molecular flexibility index (Phi) is 7.34. The first-order valence-electron chi connectivity index (χ1n) is 14.9. The molecule has 2 amide bonds. The van der Waals surface area contributed by atoms with Crippen molar-refractivity contribution in [1.29, 1.82) is 0 Å². The van der Waals surface area contributed by atoms with E-state index in [0.29, 0.717) is 55.2 Å². The molecule has 3 heterocycles. The van der Waals surface area contributed by atoms with Gasteiger partial charge in [-0.1, -0.05) is 23.4 Å². The lowest BCUT2D eigenvalue weighted by Gasteiger charge is -2.26. The number of H-pyrrole nitrogens is 1. The second-order valence-corrected chi connectivity index (χ2v) is 11.4. The molecular weight excluding hydrogens is 608 g/mol. The summed E-state index contributed by atoms with van der Waals surface area (Å²) in [4.78, 5) is 74.1. The summed E-state index contributed by atoms with van der Waals surface area (Å²) in [7, 11) is 0. The molecule has 2 aromatic heterocycles. The van der Waals surface area contributed by atoms with Crippen molar-refractivity contribution in [2.45, 2.75) is 38.8 Å². The van der Waals surface area contributed by atoms with E-state index in [0.717, 1.165) is 28.6 Å². The number of benzene rings is 2. The van der Waals surface area contributed by atoms with E-state index < -0.39 is 28.4 Å². The van der Waals surface area contributed by atoms with E-state index in [1.807, 2.05) is 19.1 Å². The van der Waals surface area contributed by atoms with Gasteiger partial charge in [0.25, 0.3) is 22.7 Å². The molecule has 7 rings (SSSR count). The van der Waals surface area contributed by atoms with Crippen molar-refractivity contribution in [3.05, 3.63) is 107 Å². The van der Waals surface area contributed by atoms with Crippen LogP contribution in [0.25, 0.3) is 11.4 Å². The molecule has 0 spiro atoms. The first-order valence-corrected chi connectivity index (χ1v) is 14.9. The third-order valence-corrected chi connectivity index (χ3v) is 8.57. The van der Waals surface area contributed by atoms with Gasteiger partial charge in [0.1, 0.15) is 34.8 Å². The molecule has 15 nitrogen and oxygen atoms in total. The minimum absolute atomic E-state index is 0.00953. The molecule has 0 saturated heterocycles. The molecule has 47 heavy (non-hydrogen) atoms. The van der Waals surface area contributed by atoms with Crippen LogP contribution < -0.4 is 42.6 Å². The second-order valence-electron chi connectivity index (χ2n) is 11.4. The van der Waals surface area contributed by atoms with Crippen LogP contribution in [0.15, 0.2) is 61.6 Å². The Morgan fingerprint density at radius 3 is 2.64 bits per heavy atom. The van der Waals surface area contributed by atoms with Gasteiger partial charge in [0.05, 0.1) is 18.3 Å². The van der Waals surface area contributed by atoms with Crippen LogP contribution in [0, 0.1) is 6.92 Å². The molecule has 5 N–H and O–H groups in total. The maximum Gasteiger partial charge on any atom is 0.439 e. The van der Waals surface area contributed by atoms with Crippen molar-refractivity contribution >= 4 is 28.9 Å². The van der Waals surface area contributed by atoms with Gasteiger partial charge in [0, 0.05) is 24.7 Å². The molecule has 0 saturated carbocycles. The van der Waals surface area contributed by atoms with E-state index >= 15 is 0 Å². The summed E-state index contributed by atoms with van der Waals surface area (Å²) in [5, 5.41) is 9.59. The first-order chi connectivity index (χ1) is 22.7. The topological polar surface area (TPSA) is 215 Å². The van der Waals surface area contributed by atoms with Gasteiger partial charge < -0.3 is 26.0 Å². The number of nitrogen functional groups attached to an aromatic ring is 1. The quantitative estimate of drug-likeness (QED) is 0.187. The maximum atomic E-state index is 13.2. The Hall–Kier alpha value is -6.12. The van der Waals surface area contributed by atoms with Gasteiger partial charge >= 0.3 is 5.76 Å². The fourth-order valence-corrected chi connectivity index (χ4v) is 6.17. The highest BCUT2D eigenvalue weighted by molar-refractivity contribution is 5.97. The van der Waals surface area contributed by atoms with Crippen LogP contribution >= 0.6 is 0 Å². The largest absolute Gasteiger partial charge is 0.491 e. The molecule has 2 aliphatic rings. The van der Waals surface area contributed by atoms with Crippen molar-refractivity contribution in [3.8, 4) is 17.1 Å². The van der Waals surface area contributed by atoms with E-state index in [-0.39, 0.29) is 35.3 Å². The normalized spacial score (nSPS) is 15.4. The number of amides is 2. The average Bonchev–Trinajstić information content (AvgIpc) is 3.65. The number of anilines is 3. The number of rotatable bonds is 7. The molecule has 3 aromatic carbocycles. The lowest BCUT2D eigenvalue weighted by atomic mass is 9.97. The number of nitrogens with zero attached hydrogens (tertiary/aromatic N) is 4. The van der Waals surface area contributed by atoms with Crippen molar-refractivity contribution < 1.29 is 18.8 Å². The van der Waals surface area contributed by atoms with Crippen LogP contribution in [0.2, 0.25) is 0 Å². The molecular formula is C32H28N8O7. The fourth-order valence-electron chi connectivity index (χ4n) is 6.17. The summed E-state index contributed by atoms with van der Waals surface area (Å²) in [5.74, 6) is -0.728. The molecule has 0 bridgehead atoms. The Morgan fingerprint density at radius 1 is 1.06 bits per heavy atom. The number of aromatic nitrogens is 4. The van der Waals surface area contributed by atoms with Gasteiger partial charge in [0.15, 0.2) is 5.82 Å². The summed E-state index contributed by atoms with van der Waals surface area (Å²) in [5.41, 5.74) is 9.59. The Labute approximate surface area is 265 Å². The van der Waals surface area contributed by atoms with Crippen LogP contribution in [0.4, 0.5) is 17.1 Å². The third-order valence-electron chi connectivity index (χ3n) is 8.57. The number of aromatic amines is 1. The van der Waals surface area contributed by atoms with Crippen LogP contribution in [0.3, 0.4) is 0 Å². The fraction of sp³-hybridized carbons (Fsp3) is 0.250. The van der Waals surface area contributed by atoms with Crippen molar-refractivity contribution in [3.63, 3.8) is 0 Å². The van der Waals surface area contributed by atoms with Crippen molar-refractivity contribution in [2.24, 2.45) is 0 Å². The minimum Gasteiger partial charge on any atom is -0.491 e. The number of ether oxygens (including phenoxy) is 1. The van der Waals surface area contributed by atoms with Crippen molar-refractivity contribution in [1.82, 2.24) is 30.7 Å². The number of carbonyl (C=O) groups is 2. The van der Waals surface area contributed by atoms with Gasteiger partial charge in [-0.05, 0) is 60.6 Å². The lowest BCUT2D eigenvalue weighted by molar-refractivity contribution is 0.0931. The molecule has 1 aliphatic carbocycles. The number of fused-ring (bicyclic) bond motifs is 2. The van der Waals surface area contributed by atoms with Gasteiger partial charge in [-0.3, -0.25) is 28.7 Å². The zero-order valence-electron chi connectivity index (χ0n) is 25.1. The van der Waals surface area contributed by atoms with E-state index in [1.165, 1.54) is 6.07 Å². The Morgan fingerprint density at radius 2 is 1.87 bits per heavy atom. The van der Waals surface area contributed by atoms with Crippen molar-refractivity contribution in [2.75, 3.05) is 23.8 Å². The number of carbonyl (C=O) groups excluding carboxylic acids is 2. The van der Waals surface area contributed by atoms with E-state index in [2.05, 4.69) is 35.3 Å². The number of hydrogen-bond donors (Lipinski definition) is 4. The molecule has 1 atom stereocenters. The second kappa shape index (κ2) is 11.7. The minimum atomic E-state index is -0.700. The maximum absolute atomic E-state index is 13.2. The van der Waals surface area contributed by atoms with Gasteiger partial charge in [-0.2, -0.15) is 0 Å². The summed E-state index contributed by atoms with van der Waals surface area (Å²) in [6.45, 7) is 2.90. The average molecular weight is 637 g/mol. The summed E-state index contributed by atoms with van der Waals surface area (Å²) in [6.07, 6.45) is 3.15. The molecule has 15 heteroatoms. The summed E-state index contributed by atoms with van der Waals surface area (Å²) < 4.78 is 10.5. The van der Waals surface area contributed by atoms with Gasteiger partial charge in [-0.25, -0.2) is 14.8 Å². The van der Waals surface area contributed by atoms with Crippen LogP contribution in [-0.2, 0) is 13.0 Å². The standard InChI is InChI=1S/C32H28N8O7/c1-15-17-6-7-20(19(17)5-4-18(15)29-38-32(45)47-39-29)37-31(44)22-12-21(35-14-36-22)30(43)34-13-16-3-8-24-23(11-16)40(9-2-10-46-24)26-25(33)27(41)28(26)42/h3-5,8,11-12,14,20H,2,6-7,9-10,13,33H2,1H3,(H,34,43)(H,37,44)(H,38,39,45)/t20-/m0/s1. The Balaban J connectivity index is 1.03. The highest BCUT2D eigenvalue weighted by Crippen LogP contribution is 2.38. The smallest absolute Gasteiger partial charge is 0.439 e. The highest BCUT2D eigenvalue weighted by Gasteiger charge is 2.30. The number of nitrogens with two attached hydrogens (primary N) is 1. The van der Waals surface area contributed by atoms with Crippen LogP contribution in [0.1, 0.15) is 62.1 Å². The summed E-state index contributed by atoms with van der Waals surface area (Å²) >= 11 is 0. The Bertz CT molecular complexity index is 2200. The first kappa shape index (κ1) is 29.6.